The zero-order valence-corrected chi connectivity index (χ0v) is 16.9. The summed E-state index contributed by atoms with van der Waals surface area (Å²) in [5.74, 6) is -0.356. The minimum atomic E-state index is -0.155. The second-order valence-electron chi connectivity index (χ2n) is 6.79. The Balaban J connectivity index is 1.58. The molecule has 0 aliphatic carbocycles. The number of benzene rings is 2. The van der Waals surface area contributed by atoms with Gasteiger partial charge in [0.2, 0.25) is 5.91 Å². The summed E-state index contributed by atoms with van der Waals surface area (Å²) >= 11 is 1.62. The molecule has 2 aromatic carbocycles. The molecule has 1 aliphatic rings. The maximum atomic E-state index is 12.6. The molecule has 1 heterocycles. The maximum absolute atomic E-state index is 12.6. The SMILES string of the molecule is CCOC(=O)C1CCCN(CC(=O)Nc2ccccc2Sc2ccccc2)C1. The standard InChI is InChI=1S/C22H26N2O3S/c1-2-27-22(26)17-9-8-14-24(15-17)16-21(25)23-19-12-6-7-13-20(19)28-18-10-4-3-5-11-18/h3-7,10-13,17H,2,8-9,14-16H2,1H3,(H,23,25). The molecule has 0 saturated carbocycles. The van der Waals surface area contributed by atoms with Crippen LogP contribution in [0.1, 0.15) is 19.8 Å². The van der Waals surface area contributed by atoms with Gasteiger partial charge < -0.3 is 10.1 Å². The van der Waals surface area contributed by atoms with Gasteiger partial charge in [-0.15, -0.1) is 0 Å². The zero-order valence-electron chi connectivity index (χ0n) is 16.1. The van der Waals surface area contributed by atoms with E-state index in [-0.39, 0.29) is 24.3 Å². The summed E-state index contributed by atoms with van der Waals surface area (Å²) in [5.41, 5.74) is 0.806. The fourth-order valence-corrected chi connectivity index (χ4v) is 4.24. The molecule has 28 heavy (non-hydrogen) atoms. The molecule has 0 radical (unpaired) electrons. The van der Waals surface area contributed by atoms with Crippen LogP contribution in [0, 0.1) is 5.92 Å². The van der Waals surface area contributed by atoms with Gasteiger partial charge >= 0.3 is 5.97 Å². The quantitative estimate of drug-likeness (QED) is 0.713. The molecule has 1 saturated heterocycles. The molecule has 1 unspecified atom stereocenters. The normalized spacial score (nSPS) is 17.1. The first-order valence-electron chi connectivity index (χ1n) is 9.66. The molecule has 1 atom stereocenters. The Morgan fingerprint density at radius 1 is 1.14 bits per heavy atom. The van der Waals surface area contributed by atoms with Gasteiger partial charge in [0.25, 0.3) is 0 Å². The summed E-state index contributed by atoms with van der Waals surface area (Å²) in [7, 11) is 0. The molecule has 148 valence electrons. The van der Waals surface area contributed by atoms with Crippen LogP contribution in [0.2, 0.25) is 0 Å². The fraction of sp³-hybridized carbons (Fsp3) is 0.364. The number of ether oxygens (including phenoxy) is 1. The van der Waals surface area contributed by atoms with Crippen LogP contribution in [-0.4, -0.2) is 43.0 Å². The first kappa shape index (κ1) is 20.4. The van der Waals surface area contributed by atoms with Gasteiger partial charge in [-0.25, -0.2) is 0 Å². The lowest BCUT2D eigenvalue weighted by Crippen LogP contribution is -2.43. The number of carbonyl (C=O) groups is 2. The van der Waals surface area contributed by atoms with Crippen LogP contribution in [0.3, 0.4) is 0 Å². The number of para-hydroxylation sites is 1. The van der Waals surface area contributed by atoms with E-state index in [9.17, 15) is 9.59 Å². The van der Waals surface area contributed by atoms with E-state index in [1.807, 2.05) is 66.4 Å². The Labute approximate surface area is 170 Å². The van der Waals surface area contributed by atoms with Gasteiger partial charge in [-0.05, 0) is 50.6 Å². The highest BCUT2D eigenvalue weighted by Crippen LogP contribution is 2.33. The van der Waals surface area contributed by atoms with E-state index >= 15 is 0 Å². The van der Waals surface area contributed by atoms with Crippen molar-refractivity contribution < 1.29 is 14.3 Å². The van der Waals surface area contributed by atoms with E-state index in [4.69, 9.17) is 4.74 Å². The fourth-order valence-electron chi connectivity index (χ4n) is 3.32. The van der Waals surface area contributed by atoms with Crippen molar-refractivity contribution in [3.8, 4) is 0 Å². The molecule has 0 spiro atoms. The van der Waals surface area contributed by atoms with Crippen LogP contribution in [-0.2, 0) is 14.3 Å². The number of hydrogen-bond donors (Lipinski definition) is 1. The zero-order chi connectivity index (χ0) is 19.8. The molecule has 0 aromatic heterocycles. The number of amides is 1. The summed E-state index contributed by atoms with van der Waals surface area (Å²) in [6.45, 7) is 3.89. The van der Waals surface area contributed by atoms with Gasteiger partial charge in [-0.1, -0.05) is 42.1 Å². The minimum absolute atomic E-state index is 0.0642. The van der Waals surface area contributed by atoms with Crippen LogP contribution < -0.4 is 5.32 Å². The third-order valence-corrected chi connectivity index (χ3v) is 5.71. The molecule has 1 amide bonds. The van der Waals surface area contributed by atoms with Gasteiger partial charge in [0.1, 0.15) is 0 Å². The number of esters is 1. The average Bonchev–Trinajstić information content (AvgIpc) is 2.70. The number of likely N-dealkylation sites (tertiary alicyclic amines) is 1. The summed E-state index contributed by atoms with van der Waals surface area (Å²) in [6.07, 6.45) is 1.73. The third kappa shape index (κ3) is 5.84. The van der Waals surface area contributed by atoms with Crippen LogP contribution in [0.4, 0.5) is 5.69 Å². The molecule has 2 aromatic rings. The van der Waals surface area contributed by atoms with Gasteiger partial charge in [0.15, 0.2) is 0 Å². The van der Waals surface area contributed by atoms with Crippen LogP contribution >= 0.6 is 11.8 Å². The van der Waals surface area contributed by atoms with Gasteiger partial charge in [0.05, 0.1) is 24.8 Å². The van der Waals surface area contributed by atoms with Crippen LogP contribution in [0.5, 0.6) is 0 Å². The molecule has 6 heteroatoms. The van der Waals surface area contributed by atoms with Crippen molar-refractivity contribution in [2.24, 2.45) is 5.92 Å². The Kier molecular flexibility index (Phi) is 7.51. The second kappa shape index (κ2) is 10.3. The van der Waals surface area contributed by atoms with Crippen LogP contribution in [0.25, 0.3) is 0 Å². The molecular formula is C22H26N2O3S. The number of nitrogens with one attached hydrogen (secondary N) is 1. The Hall–Kier alpha value is -2.31. The Morgan fingerprint density at radius 2 is 1.89 bits per heavy atom. The highest BCUT2D eigenvalue weighted by atomic mass is 32.2. The van der Waals surface area contributed by atoms with Gasteiger partial charge in [-0.3, -0.25) is 14.5 Å². The van der Waals surface area contributed by atoms with Crippen molar-refractivity contribution in [2.45, 2.75) is 29.6 Å². The molecule has 3 rings (SSSR count). The second-order valence-corrected chi connectivity index (χ2v) is 7.90. The summed E-state index contributed by atoms with van der Waals surface area (Å²) in [5, 5.41) is 3.03. The third-order valence-electron chi connectivity index (χ3n) is 4.62. The first-order valence-corrected chi connectivity index (χ1v) is 10.5. The van der Waals surface area contributed by atoms with E-state index in [2.05, 4.69) is 5.32 Å². The minimum Gasteiger partial charge on any atom is -0.466 e. The Bertz CT molecular complexity index is 797. The highest BCUT2D eigenvalue weighted by Gasteiger charge is 2.27. The number of anilines is 1. The largest absolute Gasteiger partial charge is 0.466 e. The van der Waals surface area contributed by atoms with Gasteiger partial charge in [0, 0.05) is 16.3 Å². The van der Waals surface area contributed by atoms with E-state index in [1.165, 1.54) is 0 Å². The monoisotopic (exact) mass is 398 g/mol. The molecule has 0 bridgehead atoms. The molecular weight excluding hydrogens is 372 g/mol. The Morgan fingerprint density at radius 3 is 2.68 bits per heavy atom. The highest BCUT2D eigenvalue weighted by molar-refractivity contribution is 7.99. The predicted octanol–water partition coefficient (Wildman–Crippen LogP) is 4.05. The smallest absolute Gasteiger partial charge is 0.310 e. The molecule has 5 nitrogen and oxygen atoms in total. The van der Waals surface area contributed by atoms with Crippen molar-refractivity contribution in [1.29, 1.82) is 0 Å². The average molecular weight is 399 g/mol. The van der Waals surface area contributed by atoms with E-state index in [0.717, 1.165) is 34.9 Å². The summed E-state index contributed by atoms with van der Waals surface area (Å²) in [4.78, 5) is 28.8. The van der Waals surface area contributed by atoms with Crippen molar-refractivity contribution in [3.63, 3.8) is 0 Å². The number of nitrogens with zero attached hydrogens (tertiary/aromatic N) is 1. The van der Waals surface area contributed by atoms with E-state index in [1.54, 1.807) is 11.8 Å². The number of rotatable bonds is 7. The van der Waals surface area contributed by atoms with Crippen LogP contribution in [0.15, 0.2) is 64.4 Å². The number of hydrogen-bond acceptors (Lipinski definition) is 5. The first-order chi connectivity index (χ1) is 13.7. The van der Waals surface area contributed by atoms with E-state index in [0.29, 0.717) is 13.2 Å². The lowest BCUT2D eigenvalue weighted by molar-refractivity contribution is -0.150. The van der Waals surface area contributed by atoms with Crippen molar-refractivity contribution >= 4 is 29.3 Å². The van der Waals surface area contributed by atoms with Crippen molar-refractivity contribution in [1.82, 2.24) is 4.90 Å². The molecule has 1 fully saturated rings. The molecule has 1 aliphatic heterocycles. The number of carbonyl (C=O) groups excluding carboxylic acids is 2. The van der Waals surface area contributed by atoms with Gasteiger partial charge in [-0.2, -0.15) is 0 Å². The van der Waals surface area contributed by atoms with E-state index < -0.39 is 0 Å². The lowest BCUT2D eigenvalue weighted by atomic mass is 9.98. The summed E-state index contributed by atoms with van der Waals surface area (Å²) < 4.78 is 5.13. The van der Waals surface area contributed by atoms with Crippen molar-refractivity contribution in [3.05, 3.63) is 54.6 Å². The lowest BCUT2D eigenvalue weighted by Gasteiger charge is -2.30. The topological polar surface area (TPSA) is 58.6 Å². The predicted molar refractivity (Wildman–Crippen MR) is 111 cm³/mol. The maximum Gasteiger partial charge on any atom is 0.310 e. The summed E-state index contributed by atoms with van der Waals surface area (Å²) in [6, 6.07) is 17.9. The number of piperidine rings is 1. The molecule has 1 N–H and O–H groups in total. The van der Waals surface area contributed by atoms with Crippen molar-refractivity contribution in [2.75, 3.05) is 31.6 Å².